The fourth-order valence-electron chi connectivity index (χ4n) is 7.34. The molecule has 23 nitrogen and oxygen atoms in total. The summed E-state index contributed by atoms with van der Waals surface area (Å²) in [5, 5.41) is 41.5. The highest BCUT2D eigenvalue weighted by Crippen LogP contribution is 2.17. The van der Waals surface area contributed by atoms with Gasteiger partial charge in [-0.3, -0.25) is 57.7 Å². The molecule has 4 unspecified atom stereocenters. The van der Waals surface area contributed by atoms with E-state index in [2.05, 4.69) is 26.6 Å². The predicted molar refractivity (Wildman–Crippen MR) is 267 cm³/mol. The molecular weight excluding hydrogens is 960 g/mol. The molecule has 2 aromatic carbocycles. The molecule has 2 aromatic rings. The maximum absolute atomic E-state index is 12.6. The number of aliphatic hydroxyl groups excluding tert-OH is 2. The normalized spacial score (nSPS) is 17.8. The van der Waals surface area contributed by atoms with Crippen molar-refractivity contribution in [1.82, 2.24) is 46.2 Å². The van der Waals surface area contributed by atoms with Crippen LogP contribution < -0.4 is 32.3 Å². The quantitative estimate of drug-likeness (QED) is 0.0671. The first-order valence-corrected chi connectivity index (χ1v) is 23.2. The topological polar surface area (TPSA) is 331 Å². The number of nitrogens with two attached hydrogens (primary N) is 1. The molecule has 0 spiro atoms. The zero-order valence-corrected chi connectivity index (χ0v) is 43.0. The number of halogens is 1. The van der Waals surface area contributed by atoms with E-state index in [-0.39, 0.29) is 68.3 Å². The van der Waals surface area contributed by atoms with Crippen molar-refractivity contribution in [3.8, 4) is 0 Å². The van der Waals surface area contributed by atoms with E-state index in [1.807, 2.05) is 19.9 Å². The number of hydrogen-bond acceptors (Lipinski definition) is 15. The number of carbonyl (C=O) groups is 10. The summed E-state index contributed by atoms with van der Waals surface area (Å²) in [7, 11) is 9.64. The Balaban J connectivity index is 0.000000612. The van der Waals surface area contributed by atoms with Gasteiger partial charge in [-0.15, -0.1) is 12.4 Å². The van der Waals surface area contributed by atoms with Crippen LogP contribution in [0.25, 0.3) is 0 Å². The van der Waals surface area contributed by atoms with Crippen molar-refractivity contribution in [1.29, 1.82) is 0 Å². The van der Waals surface area contributed by atoms with Crippen LogP contribution in [-0.4, -0.2) is 199 Å². The fourth-order valence-corrected chi connectivity index (χ4v) is 7.34. The van der Waals surface area contributed by atoms with Crippen molar-refractivity contribution in [3.63, 3.8) is 0 Å². The monoisotopic (exact) mass is 1030 g/mol. The smallest absolute Gasteiger partial charge is 0.321 e. The first kappa shape index (κ1) is 63.6. The van der Waals surface area contributed by atoms with Crippen molar-refractivity contribution in [2.24, 2.45) is 5.73 Å². The second-order valence-electron chi connectivity index (χ2n) is 17.7. The molecule has 400 valence electrons. The summed E-state index contributed by atoms with van der Waals surface area (Å²) >= 11 is 0. The Morgan fingerprint density at radius 3 is 1.36 bits per heavy atom. The largest absolute Gasteiger partial charge is 0.480 e. The molecule has 8 atom stereocenters. The molecule has 2 heterocycles. The minimum atomic E-state index is -1.59. The molecule has 2 fully saturated rings. The Hall–Kier alpha value is -6.37. The van der Waals surface area contributed by atoms with Crippen LogP contribution in [-0.2, 0) is 47.9 Å². The van der Waals surface area contributed by atoms with E-state index in [4.69, 9.17) is 10.8 Å². The van der Waals surface area contributed by atoms with E-state index in [9.17, 15) is 58.2 Å². The van der Waals surface area contributed by atoms with E-state index in [1.54, 1.807) is 107 Å². The van der Waals surface area contributed by atoms with Gasteiger partial charge in [0, 0.05) is 47.1 Å². The summed E-state index contributed by atoms with van der Waals surface area (Å²) in [6.07, 6.45) is -0.598. The van der Waals surface area contributed by atoms with Gasteiger partial charge in [0.15, 0.2) is 6.10 Å². The van der Waals surface area contributed by atoms with E-state index in [0.29, 0.717) is 30.4 Å². The first-order chi connectivity index (χ1) is 33.4. The van der Waals surface area contributed by atoms with Crippen molar-refractivity contribution >= 4 is 71.3 Å². The molecule has 0 radical (unpaired) electrons. The van der Waals surface area contributed by atoms with Crippen LogP contribution >= 0.6 is 12.4 Å². The maximum atomic E-state index is 12.6. The third-order valence-corrected chi connectivity index (χ3v) is 11.3. The minimum Gasteiger partial charge on any atom is -0.480 e. The highest BCUT2D eigenvalue weighted by molar-refractivity contribution is 5.95. The second kappa shape index (κ2) is 31.9. The molecule has 10 N–H and O–H groups in total. The molecular formula is C48H73ClN10O13. The molecule has 2 aliphatic heterocycles. The standard InChI is InChI=1S/C24H35N5O6.C18H28N4O4.C6H9NO3.ClH/c1-5-9-17(26-22(33)18-12-16(30)14-29(18)4)21(32)23(34)25-13-19(31)27-20(24(35)28(2)3)15-10-7-6-8-11-15;1-4-8-13(19)16(24)17(25)20-11-14(23)21-15(18(26)22(2)3)12-9-6-5-7-10-12;1-7-3-4(8)2-5(7)6(9)10;/h6-8,10-11,17-18,20-21,32H,5,9,12-14H2,1-4H3,(H,25,34)(H,26,33)(H,27,31);5-7,9-10,13,15-16,24H,4,8,11,19H2,1-3H3,(H,20,25)(H,21,23);5H,2-3H2,1H3,(H,9,10);1H/t17?,18-,20-,21?;13?,15-,16?;5-;/m000./s1. The van der Waals surface area contributed by atoms with Crippen LogP contribution in [0.5, 0.6) is 0 Å². The first-order valence-electron chi connectivity index (χ1n) is 23.2. The Morgan fingerprint density at radius 2 is 1.03 bits per heavy atom. The molecule has 0 bridgehead atoms. The van der Waals surface area contributed by atoms with Crippen molar-refractivity contribution < 1.29 is 63.3 Å². The number of amides is 7. The lowest BCUT2D eigenvalue weighted by molar-refractivity contribution is -0.142. The molecule has 7 amide bonds. The summed E-state index contributed by atoms with van der Waals surface area (Å²) in [4.78, 5) is 125. The number of hydrogen-bond donors (Lipinski definition) is 9. The summed E-state index contributed by atoms with van der Waals surface area (Å²) in [5.74, 6) is -4.71. The SMILES string of the molecule is CCCC(N)C(O)C(=O)NCC(=O)N[C@H](C(=O)N(C)C)c1ccccc1.CCCC(NC(=O)[C@@H]1CC(=O)CN1C)C(O)C(=O)NCC(=O)N[C@H](C(=O)N(C)C)c1ccccc1.CN1CC(=O)C[C@H]1C(=O)O.Cl. The predicted octanol–water partition coefficient (Wildman–Crippen LogP) is -1.73. The van der Waals surface area contributed by atoms with Crippen molar-refractivity contribution in [3.05, 3.63) is 71.8 Å². The third kappa shape index (κ3) is 20.8. The number of carboxylic acids is 1. The molecule has 4 rings (SSSR count). The number of nitrogens with one attached hydrogen (secondary N) is 5. The number of Topliss-reactive ketones (excluding diaryl/α,β-unsaturated/α-hetero) is 2. The van der Waals surface area contributed by atoms with Crippen LogP contribution in [0.3, 0.4) is 0 Å². The van der Waals surface area contributed by atoms with Crippen LogP contribution in [0.2, 0.25) is 0 Å². The van der Waals surface area contributed by atoms with Gasteiger partial charge in [0.25, 0.3) is 11.8 Å². The lowest BCUT2D eigenvalue weighted by Gasteiger charge is -2.26. The number of aliphatic hydroxyl groups is 2. The van der Waals surface area contributed by atoms with Gasteiger partial charge in [-0.1, -0.05) is 87.4 Å². The number of ketones is 2. The van der Waals surface area contributed by atoms with Crippen molar-refractivity contribution in [2.75, 3.05) is 68.5 Å². The number of aliphatic carboxylic acids is 1. The van der Waals surface area contributed by atoms with Gasteiger partial charge in [0.05, 0.1) is 38.3 Å². The van der Waals surface area contributed by atoms with Gasteiger partial charge in [-0.05, 0) is 38.1 Å². The van der Waals surface area contributed by atoms with Gasteiger partial charge >= 0.3 is 5.97 Å². The lowest BCUT2D eigenvalue weighted by Crippen LogP contribution is -2.55. The van der Waals surface area contributed by atoms with Gasteiger partial charge in [0.1, 0.15) is 35.8 Å². The molecule has 72 heavy (non-hydrogen) atoms. The number of benzene rings is 2. The summed E-state index contributed by atoms with van der Waals surface area (Å²) in [5.41, 5.74) is 6.93. The molecule has 0 saturated carbocycles. The van der Waals surface area contributed by atoms with E-state index in [0.717, 1.165) is 6.42 Å². The van der Waals surface area contributed by atoms with Gasteiger partial charge < -0.3 is 57.4 Å². The second-order valence-corrected chi connectivity index (χ2v) is 17.7. The summed E-state index contributed by atoms with van der Waals surface area (Å²) < 4.78 is 0. The third-order valence-electron chi connectivity index (χ3n) is 11.3. The van der Waals surface area contributed by atoms with Gasteiger partial charge in [-0.2, -0.15) is 0 Å². The highest BCUT2D eigenvalue weighted by Gasteiger charge is 2.37. The molecule has 2 aliphatic rings. The highest BCUT2D eigenvalue weighted by atomic mass is 35.5. The van der Waals surface area contributed by atoms with Gasteiger partial charge in [0.2, 0.25) is 29.5 Å². The molecule has 2 saturated heterocycles. The number of rotatable bonds is 21. The Bertz CT molecular complexity index is 2140. The van der Waals surface area contributed by atoms with E-state index < -0.39 is 90.5 Å². The average Bonchev–Trinajstić information content (AvgIpc) is 3.88. The minimum absolute atomic E-state index is 0. The molecule has 24 heteroatoms. The summed E-state index contributed by atoms with van der Waals surface area (Å²) in [6.45, 7) is 3.36. The van der Waals surface area contributed by atoms with Crippen LogP contribution in [0.1, 0.15) is 75.6 Å². The van der Waals surface area contributed by atoms with E-state index in [1.165, 1.54) is 9.80 Å². The van der Waals surface area contributed by atoms with Crippen LogP contribution in [0, 0.1) is 0 Å². The van der Waals surface area contributed by atoms with Crippen molar-refractivity contribution in [2.45, 2.75) is 101 Å². The number of likely N-dealkylation sites (tertiary alicyclic amines) is 2. The zero-order chi connectivity index (χ0) is 53.5. The van der Waals surface area contributed by atoms with Crippen LogP contribution in [0.15, 0.2) is 60.7 Å². The fraction of sp³-hybridized carbons (Fsp3) is 0.542. The Labute approximate surface area is 426 Å². The number of carboxylic acid groups (broad SMARTS) is 1. The van der Waals surface area contributed by atoms with Gasteiger partial charge in [-0.25, -0.2) is 0 Å². The van der Waals surface area contributed by atoms with E-state index >= 15 is 0 Å². The van der Waals surface area contributed by atoms with Crippen LogP contribution in [0.4, 0.5) is 0 Å². The lowest BCUT2D eigenvalue weighted by atomic mass is 10.0. The number of carbonyl (C=O) groups excluding carboxylic acids is 9. The Kier molecular flexibility index (Phi) is 28.2. The molecule has 0 aliphatic carbocycles. The number of likely N-dealkylation sites (N-methyl/N-ethyl adjacent to an activating group) is 4. The number of nitrogens with zero attached hydrogens (tertiary/aromatic N) is 4. The Morgan fingerprint density at radius 1 is 0.639 bits per heavy atom. The zero-order valence-electron chi connectivity index (χ0n) is 42.2. The average molecular weight is 1030 g/mol. The molecule has 0 aromatic heterocycles. The summed E-state index contributed by atoms with van der Waals surface area (Å²) in [6, 6.07) is 12.9. The maximum Gasteiger partial charge on any atom is 0.321 e.